The van der Waals surface area contributed by atoms with Gasteiger partial charge in [-0.3, -0.25) is 9.59 Å². The molecule has 0 N–H and O–H groups in total. The number of esters is 1. The van der Waals surface area contributed by atoms with Gasteiger partial charge in [-0.05, 0) is 12.8 Å². The van der Waals surface area contributed by atoms with E-state index in [1.54, 1.807) is 0 Å². The molecule has 2 atom stereocenters. The van der Waals surface area contributed by atoms with Gasteiger partial charge in [-0.15, -0.1) is 0 Å². The summed E-state index contributed by atoms with van der Waals surface area (Å²) in [5.74, 6) is -0.318. The van der Waals surface area contributed by atoms with E-state index in [0.717, 1.165) is 12.0 Å². The molecule has 16 heavy (non-hydrogen) atoms. The number of cyclic esters (lactones) is 1. The number of carbonyl (C=O) groups is 2. The summed E-state index contributed by atoms with van der Waals surface area (Å²) in [6, 6.07) is 0. The van der Waals surface area contributed by atoms with E-state index < -0.39 is 10.8 Å². The molecule has 0 aromatic carbocycles. The van der Waals surface area contributed by atoms with E-state index >= 15 is 0 Å². The van der Waals surface area contributed by atoms with Gasteiger partial charge in [0.15, 0.2) is 5.78 Å². The monoisotopic (exact) mass is 222 g/mol. The molecule has 0 aromatic rings. The summed E-state index contributed by atoms with van der Waals surface area (Å²) in [4.78, 5) is 24.4. The molecule has 2 unspecified atom stereocenters. The molecule has 1 saturated carbocycles. The van der Waals surface area contributed by atoms with E-state index in [2.05, 4.69) is 6.58 Å². The second-order valence-corrected chi connectivity index (χ2v) is 5.98. The Kier molecular flexibility index (Phi) is 2.26. The summed E-state index contributed by atoms with van der Waals surface area (Å²) in [6.45, 7) is 9.86. The molecule has 0 aromatic heterocycles. The van der Waals surface area contributed by atoms with Gasteiger partial charge in [0.2, 0.25) is 0 Å². The predicted molar refractivity (Wildman–Crippen MR) is 59.7 cm³/mol. The molecule has 3 heteroatoms. The van der Waals surface area contributed by atoms with E-state index in [4.69, 9.17) is 4.74 Å². The average Bonchev–Trinajstić information content (AvgIpc) is 2.62. The van der Waals surface area contributed by atoms with Crippen molar-refractivity contribution in [1.82, 2.24) is 0 Å². The lowest BCUT2D eigenvalue weighted by molar-refractivity contribution is -0.154. The molecule has 2 rings (SSSR count). The lowest BCUT2D eigenvalue weighted by Crippen LogP contribution is -2.44. The van der Waals surface area contributed by atoms with Gasteiger partial charge in [0.05, 0.1) is 6.61 Å². The summed E-state index contributed by atoms with van der Waals surface area (Å²) in [6.07, 6.45) is 1.22. The third-order valence-corrected chi connectivity index (χ3v) is 3.63. The van der Waals surface area contributed by atoms with E-state index in [-0.39, 0.29) is 17.7 Å². The van der Waals surface area contributed by atoms with Gasteiger partial charge in [-0.1, -0.05) is 32.9 Å². The normalized spacial score (nSPS) is 33.8. The molecule has 0 bridgehead atoms. The fourth-order valence-electron chi connectivity index (χ4n) is 2.91. The molecular formula is C13H18O3. The van der Waals surface area contributed by atoms with E-state index in [1.807, 2.05) is 20.8 Å². The predicted octanol–water partition coefficient (Wildman–Crippen LogP) is 2.11. The quantitative estimate of drug-likeness (QED) is 0.388. The Bertz CT molecular complexity index is 375. The van der Waals surface area contributed by atoms with Gasteiger partial charge in [-0.2, -0.15) is 0 Å². The van der Waals surface area contributed by atoms with Crippen LogP contribution >= 0.6 is 0 Å². The smallest absolute Gasteiger partial charge is 0.320 e. The average molecular weight is 222 g/mol. The summed E-state index contributed by atoms with van der Waals surface area (Å²) < 4.78 is 5.09. The van der Waals surface area contributed by atoms with E-state index in [9.17, 15) is 9.59 Å². The molecular weight excluding hydrogens is 204 g/mol. The van der Waals surface area contributed by atoms with Crippen LogP contribution in [0.15, 0.2) is 12.2 Å². The first-order chi connectivity index (χ1) is 7.28. The largest absolute Gasteiger partial charge is 0.465 e. The molecule has 88 valence electrons. The number of allylic oxidation sites excluding steroid dienone is 1. The highest BCUT2D eigenvalue weighted by molar-refractivity contribution is 6.08. The minimum atomic E-state index is -0.921. The molecule has 0 radical (unpaired) electrons. The van der Waals surface area contributed by atoms with Crippen molar-refractivity contribution in [1.29, 1.82) is 0 Å². The van der Waals surface area contributed by atoms with Gasteiger partial charge >= 0.3 is 5.97 Å². The Morgan fingerprint density at radius 1 is 1.50 bits per heavy atom. The SMILES string of the molecule is C=C1CC2COC(=O)C2(C(=O)C(C)(C)C)C1. The number of hydrogen-bond acceptors (Lipinski definition) is 3. The topological polar surface area (TPSA) is 43.4 Å². The molecule has 2 fully saturated rings. The third kappa shape index (κ3) is 1.34. The van der Waals surface area contributed by atoms with Crippen LogP contribution in [-0.4, -0.2) is 18.4 Å². The number of carbonyl (C=O) groups excluding carboxylic acids is 2. The first-order valence-electron chi connectivity index (χ1n) is 5.67. The Morgan fingerprint density at radius 2 is 2.12 bits per heavy atom. The Morgan fingerprint density at radius 3 is 2.69 bits per heavy atom. The third-order valence-electron chi connectivity index (χ3n) is 3.63. The van der Waals surface area contributed by atoms with Gasteiger partial charge < -0.3 is 4.74 Å². The van der Waals surface area contributed by atoms with Crippen molar-refractivity contribution in [3.8, 4) is 0 Å². The first kappa shape index (κ1) is 11.4. The van der Waals surface area contributed by atoms with Crippen LogP contribution in [0.2, 0.25) is 0 Å². The zero-order valence-corrected chi connectivity index (χ0v) is 10.1. The number of ketones is 1. The van der Waals surface area contributed by atoms with Crippen molar-refractivity contribution in [2.45, 2.75) is 33.6 Å². The molecule has 0 spiro atoms. The van der Waals surface area contributed by atoms with Crippen LogP contribution in [0.25, 0.3) is 0 Å². The van der Waals surface area contributed by atoms with Crippen molar-refractivity contribution in [3.05, 3.63) is 12.2 Å². The number of ether oxygens (including phenoxy) is 1. The molecule has 1 heterocycles. The van der Waals surface area contributed by atoms with Crippen LogP contribution < -0.4 is 0 Å². The minimum Gasteiger partial charge on any atom is -0.465 e. The Labute approximate surface area is 95.9 Å². The molecule has 3 nitrogen and oxygen atoms in total. The number of fused-ring (bicyclic) bond motifs is 1. The van der Waals surface area contributed by atoms with Crippen LogP contribution in [-0.2, 0) is 14.3 Å². The number of rotatable bonds is 1. The first-order valence-corrected chi connectivity index (χ1v) is 5.67. The molecule has 0 amide bonds. The van der Waals surface area contributed by atoms with Crippen molar-refractivity contribution >= 4 is 11.8 Å². The lowest BCUT2D eigenvalue weighted by atomic mass is 9.68. The van der Waals surface area contributed by atoms with Crippen LogP contribution in [0, 0.1) is 16.7 Å². The van der Waals surface area contributed by atoms with Crippen LogP contribution in [0.1, 0.15) is 33.6 Å². The summed E-state index contributed by atoms with van der Waals surface area (Å²) in [5.41, 5.74) is -0.430. The van der Waals surface area contributed by atoms with Crippen molar-refractivity contribution in [3.63, 3.8) is 0 Å². The zero-order valence-electron chi connectivity index (χ0n) is 10.1. The maximum Gasteiger partial charge on any atom is 0.320 e. The maximum atomic E-state index is 12.5. The lowest BCUT2D eigenvalue weighted by Gasteiger charge is -2.30. The van der Waals surface area contributed by atoms with Gasteiger partial charge in [0, 0.05) is 11.3 Å². The molecule has 1 saturated heterocycles. The van der Waals surface area contributed by atoms with Crippen LogP contribution in [0.3, 0.4) is 0 Å². The second kappa shape index (κ2) is 3.19. The fraction of sp³-hybridized carbons (Fsp3) is 0.692. The van der Waals surface area contributed by atoms with Crippen LogP contribution in [0.4, 0.5) is 0 Å². The van der Waals surface area contributed by atoms with Crippen molar-refractivity contribution in [2.75, 3.05) is 6.61 Å². The van der Waals surface area contributed by atoms with Gasteiger partial charge in [0.25, 0.3) is 0 Å². The number of hydrogen-bond donors (Lipinski definition) is 0. The summed E-state index contributed by atoms with van der Waals surface area (Å²) in [7, 11) is 0. The Hall–Kier alpha value is -1.12. The van der Waals surface area contributed by atoms with E-state index in [0.29, 0.717) is 13.0 Å². The van der Waals surface area contributed by atoms with E-state index in [1.165, 1.54) is 0 Å². The maximum absolute atomic E-state index is 12.5. The van der Waals surface area contributed by atoms with Gasteiger partial charge in [-0.25, -0.2) is 0 Å². The molecule has 1 aliphatic carbocycles. The molecule has 2 aliphatic rings. The zero-order chi connectivity index (χ0) is 12.1. The second-order valence-electron chi connectivity index (χ2n) is 5.98. The highest BCUT2D eigenvalue weighted by atomic mass is 16.5. The Balaban J connectivity index is 2.44. The van der Waals surface area contributed by atoms with Crippen molar-refractivity contribution < 1.29 is 14.3 Å². The van der Waals surface area contributed by atoms with Crippen LogP contribution in [0.5, 0.6) is 0 Å². The van der Waals surface area contributed by atoms with Crippen molar-refractivity contribution in [2.24, 2.45) is 16.7 Å². The highest BCUT2D eigenvalue weighted by Crippen LogP contribution is 2.53. The summed E-state index contributed by atoms with van der Waals surface area (Å²) >= 11 is 0. The molecule has 1 aliphatic heterocycles. The summed E-state index contributed by atoms with van der Waals surface area (Å²) in [5, 5.41) is 0. The number of Topliss-reactive ketones (excluding diaryl/α,β-unsaturated/α-hetero) is 1. The standard InChI is InChI=1S/C13H18O3/c1-8-5-9-7-16-11(15)13(9,6-8)10(14)12(2,3)4/h9H,1,5-7H2,2-4H3. The fourth-order valence-corrected chi connectivity index (χ4v) is 2.91. The van der Waals surface area contributed by atoms with Gasteiger partial charge in [0.1, 0.15) is 5.41 Å². The highest BCUT2D eigenvalue weighted by Gasteiger charge is 2.62. The minimum absolute atomic E-state index is 0.00569.